The lowest BCUT2D eigenvalue weighted by Gasteiger charge is -2.30. The number of carbonyl (C=O) groups is 1. The molecule has 1 aromatic rings. The van der Waals surface area contributed by atoms with Crippen LogP contribution in [-0.2, 0) is 11.3 Å². The molecule has 0 atom stereocenters. The van der Waals surface area contributed by atoms with Crippen molar-refractivity contribution >= 4 is 11.9 Å². The second kappa shape index (κ2) is 10.8. The summed E-state index contributed by atoms with van der Waals surface area (Å²) in [6.45, 7) is 6.84. The first-order valence-electron chi connectivity index (χ1n) is 9.60. The molecule has 144 valence electrons. The lowest BCUT2D eigenvalue weighted by molar-refractivity contribution is -0.123. The Kier molecular flexibility index (Phi) is 8.41. The SMILES string of the molecule is CN=C(NCCCCN1CCC(C(N)=O)CC1)NCc1ccc(C)cc1. The molecule has 0 saturated carbocycles. The van der Waals surface area contributed by atoms with Crippen molar-refractivity contribution in [2.45, 2.75) is 39.2 Å². The zero-order chi connectivity index (χ0) is 18.8. The Morgan fingerprint density at radius 2 is 1.88 bits per heavy atom. The largest absolute Gasteiger partial charge is 0.369 e. The number of aryl methyl sites for hydroxylation is 1. The van der Waals surface area contributed by atoms with Crippen LogP contribution in [0.1, 0.15) is 36.8 Å². The molecule has 0 aliphatic carbocycles. The van der Waals surface area contributed by atoms with E-state index in [9.17, 15) is 4.79 Å². The Morgan fingerprint density at radius 3 is 2.50 bits per heavy atom. The number of unbranched alkanes of at least 4 members (excludes halogenated alkanes) is 1. The number of benzene rings is 1. The number of guanidine groups is 1. The first-order chi connectivity index (χ1) is 12.6. The van der Waals surface area contributed by atoms with Gasteiger partial charge in [0.05, 0.1) is 0 Å². The smallest absolute Gasteiger partial charge is 0.220 e. The van der Waals surface area contributed by atoms with Gasteiger partial charge in [-0.2, -0.15) is 0 Å². The number of likely N-dealkylation sites (tertiary alicyclic amines) is 1. The van der Waals surface area contributed by atoms with E-state index in [1.807, 2.05) is 0 Å². The van der Waals surface area contributed by atoms with E-state index in [-0.39, 0.29) is 11.8 Å². The highest BCUT2D eigenvalue weighted by molar-refractivity contribution is 5.79. The summed E-state index contributed by atoms with van der Waals surface area (Å²) in [4.78, 5) is 17.9. The molecule has 0 radical (unpaired) electrons. The summed E-state index contributed by atoms with van der Waals surface area (Å²) in [5, 5.41) is 6.72. The third-order valence-corrected chi connectivity index (χ3v) is 4.99. The highest BCUT2D eigenvalue weighted by Gasteiger charge is 2.22. The third kappa shape index (κ3) is 7.04. The van der Waals surface area contributed by atoms with Crippen molar-refractivity contribution in [3.63, 3.8) is 0 Å². The number of hydrogen-bond acceptors (Lipinski definition) is 3. The van der Waals surface area contributed by atoms with Gasteiger partial charge in [0.15, 0.2) is 5.96 Å². The van der Waals surface area contributed by atoms with Crippen molar-refractivity contribution in [3.8, 4) is 0 Å². The van der Waals surface area contributed by atoms with E-state index in [4.69, 9.17) is 5.73 Å². The number of aliphatic imine (C=N–C) groups is 1. The van der Waals surface area contributed by atoms with Gasteiger partial charge in [-0.3, -0.25) is 9.79 Å². The summed E-state index contributed by atoms with van der Waals surface area (Å²) >= 11 is 0. The van der Waals surface area contributed by atoms with Crippen molar-refractivity contribution in [2.75, 3.05) is 33.2 Å². The number of nitrogens with one attached hydrogen (secondary N) is 2. The molecule has 1 heterocycles. The Hall–Kier alpha value is -2.08. The number of piperidine rings is 1. The average Bonchev–Trinajstić information content (AvgIpc) is 2.65. The van der Waals surface area contributed by atoms with Crippen LogP contribution in [0.15, 0.2) is 29.3 Å². The van der Waals surface area contributed by atoms with Gasteiger partial charge < -0.3 is 21.3 Å². The zero-order valence-corrected chi connectivity index (χ0v) is 16.1. The summed E-state index contributed by atoms with van der Waals surface area (Å²) in [5.41, 5.74) is 7.90. The predicted octanol–water partition coefficient (Wildman–Crippen LogP) is 1.64. The standard InChI is InChI=1S/C20H33N5O/c1-16-5-7-17(8-6-16)15-24-20(22-2)23-11-3-4-12-25-13-9-18(10-14-25)19(21)26/h5-8,18H,3-4,9-15H2,1-2H3,(H2,21,26)(H2,22,23,24). The van der Waals surface area contributed by atoms with Crippen LogP contribution in [0.3, 0.4) is 0 Å². The van der Waals surface area contributed by atoms with Crippen LogP contribution in [0.25, 0.3) is 0 Å². The van der Waals surface area contributed by atoms with Gasteiger partial charge in [0.2, 0.25) is 5.91 Å². The summed E-state index contributed by atoms with van der Waals surface area (Å²) in [7, 11) is 1.80. The lowest BCUT2D eigenvalue weighted by atomic mass is 9.96. The molecule has 1 aliphatic rings. The maximum absolute atomic E-state index is 11.2. The molecule has 2 rings (SSSR count). The van der Waals surface area contributed by atoms with E-state index in [1.54, 1.807) is 7.05 Å². The molecule has 1 aromatic carbocycles. The molecule has 1 fully saturated rings. The van der Waals surface area contributed by atoms with Crippen molar-refractivity contribution in [2.24, 2.45) is 16.6 Å². The maximum Gasteiger partial charge on any atom is 0.220 e. The van der Waals surface area contributed by atoms with Crippen LogP contribution in [0.2, 0.25) is 0 Å². The number of amides is 1. The highest BCUT2D eigenvalue weighted by atomic mass is 16.1. The van der Waals surface area contributed by atoms with Crippen molar-refractivity contribution in [1.82, 2.24) is 15.5 Å². The van der Waals surface area contributed by atoms with E-state index in [2.05, 4.69) is 51.7 Å². The van der Waals surface area contributed by atoms with Crippen LogP contribution in [0.4, 0.5) is 0 Å². The quantitative estimate of drug-likeness (QED) is 0.374. The van der Waals surface area contributed by atoms with Gasteiger partial charge in [-0.25, -0.2) is 0 Å². The minimum atomic E-state index is -0.140. The van der Waals surface area contributed by atoms with Crippen LogP contribution in [-0.4, -0.2) is 50.0 Å². The van der Waals surface area contributed by atoms with Gasteiger partial charge in [-0.05, 0) is 57.8 Å². The Bertz CT molecular complexity index is 576. The second-order valence-electron chi connectivity index (χ2n) is 7.06. The Morgan fingerprint density at radius 1 is 1.19 bits per heavy atom. The molecule has 0 aromatic heterocycles. The molecule has 6 heteroatoms. The van der Waals surface area contributed by atoms with Crippen LogP contribution < -0.4 is 16.4 Å². The lowest BCUT2D eigenvalue weighted by Crippen LogP contribution is -2.39. The summed E-state index contributed by atoms with van der Waals surface area (Å²) in [5.74, 6) is 0.780. The fraction of sp³-hybridized carbons (Fsp3) is 0.600. The highest BCUT2D eigenvalue weighted by Crippen LogP contribution is 2.16. The topological polar surface area (TPSA) is 82.8 Å². The minimum absolute atomic E-state index is 0.0795. The van der Waals surface area contributed by atoms with Crippen LogP contribution in [0.5, 0.6) is 0 Å². The predicted molar refractivity (Wildman–Crippen MR) is 107 cm³/mol. The molecule has 1 aliphatic heterocycles. The Balaban J connectivity index is 1.55. The number of primary amides is 1. The van der Waals surface area contributed by atoms with E-state index in [0.29, 0.717) is 0 Å². The summed E-state index contributed by atoms with van der Waals surface area (Å²) < 4.78 is 0. The van der Waals surface area contributed by atoms with Gasteiger partial charge in [0.25, 0.3) is 0 Å². The van der Waals surface area contributed by atoms with Gasteiger partial charge in [0, 0.05) is 26.1 Å². The first-order valence-corrected chi connectivity index (χ1v) is 9.60. The van der Waals surface area contributed by atoms with Crippen molar-refractivity contribution in [3.05, 3.63) is 35.4 Å². The van der Waals surface area contributed by atoms with Crippen LogP contribution >= 0.6 is 0 Å². The molecule has 4 N–H and O–H groups in total. The van der Waals surface area contributed by atoms with Gasteiger partial charge in [0.1, 0.15) is 0 Å². The minimum Gasteiger partial charge on any atom is -0.369 e. The number of carbonyl (C=O) groups excluding carboxylic acids is 1. The van der Waals surface area contributed by atoms with E-state index >= 15 is 0 Å². The fourth-order valence-corrected chi connectivity index (χ4v) is 3.22. The van der Waals surface area contributed by atoms with Crippen molar-refractivity contribution in [1.29, 1.82) is 0 Å². The number of nitrogens with two attached hydrogens (primary N) is 1. The molecule has 0 bridgehead atoms. The van der Waals surface area contributed by atoms with E-state index in [0.717, 1.165) is 64.4 Å². The van der Waals surface area contributed by atoms with E-state index in [1.165, 1.54) is 11.1 Å². The van der Waals surface area contributed by atoms with Gasteiger partial charge in [-0.1, -0.05) is 29.8 Å². The van der Waals surface area contributed by atoms with Crippen LogP contribution in [0, 0.1) is 12.8 Å². The molecule has 0 unspecified atom stereocenters. The second-order valence-corrected chi connectivity index (χ2v) is 7.06. The third-order valence-electron chi connectivity index (χ3n) is 4.99. The molecular weight excluding hydrogens is 326 g/mol. The summed E-state index contributed by atoms with van der Waals surface area (Å²) in [6.07, 6.45) is 4.05. The normalized spacial score (nSPS) is 16.5. The summed E-state index contributed by atoms with van der Waals surface area (Å²) in [6, 6.07) is 8.52. The molecule has 1 saturated heterocycles. The zero-order valence-electron chi connectivity index (χ0n) is 16.1. The van der Waals surface area contributed by atoms with Crippen molar-refractivity contribution < 1.29 is 4.79 Å². The number of rotatable bonds is 8. The Labute approximate surface area is 157 Å². The number of hydrogen-bond donors (Lipinski definition) is 3. The fourth-order valence-electron chi connectivity index (χ4n) is 3.22. The maximum atomic E-state index is 11.2. The molecule has 26 heavy (non-hydrogen) atoms. The molecule has 1 amide bonds. The average molecular weight is 360 g/mol. The number of nitrogens with zero attached hydrogens (tertiary/aromatic N) is 2. The first kappa shape index (κ1) is 20.2. The molecular formula is C20H33N5O. The molecule has 0 spiro atoms. The van der Waals surface area contributed by atoms with E-state index < -0.39 is 0 Å². The molecule has 6 nitrogen and oxygen atoms in total. The van der Waals surface area contributed by atoms with Gasteiger partial charge in [-0.15, -0.1) is 0 Å². The van der Waals surface area contributed by atoms with Gasteiger partial charge >= 0.3 is 0 Å². The monoisotopic (exact) mass is 359 g/mol.